The molecule has 2 heterocycles. The van der Waals surface area contributed by atoms with Crippen LogP contribution in [0, 0.1) is 0 Å². The van der Waals surface area contributed by atoms with Crippen molar-refractivity contribution >= 4 is 39.2 Å². The van der Waals surface area contributed by atoms with Gasteiger partial charge in [0.25, 0.3) is 0 Å². The fraction of sp³-hybridized carbons (Fsp3) is 0.278. The Kier molecular flexibility index (Phi) is 4.87. The minimum atomic E-state index is 0.0383. The Labute approximate surface area is 148 Å². The molecule has 0 fully saturated rings. The molecule has 0 saturated heterocycles. The number of nitrogens with zero attached hydrogens (tertiary/aromatic N) is 1. The lowest BCUT2D eigenvalue weighted by atomic mass is 10.0. The number of fused-ring (bicyclic) bond motifs is 1. The molecule has 0 saturated carbocycles. The molecular formula is C18H18BrNO2S. The van der Waals surface area contributed by atoms with Gasteiger partial charge in [0.05, 0.1) is 13.2 Å². The van der Waals surface area contributed by atoms with E-state index >= 15 is 0 Å². The van der Waals surface area contributed by atoms with Crippen molar-refractivity contribution in [2.45, 2.75) is 19.4 Å². The topological polar surface area (TPSA) is 29.5 Å². The zero-order valence-corrected chi connectivity index (χ0v) is 15.5. The van der Waals surface area contributed by atoms with Crippen molar-refractivity contribution in [3.8, 4) is 5.75 Å². The first-order valence-electron chi connectivity index (χ1n) is 7.48. The SMILES string of the molecule is COc1ccc(Br)cc1/C=C/C(=O)N1CCc2sccc2[C@@H]1C. The van der Waals surface area contributed by atoms with Crippen molar-refractivity contribution < 1.29 is 9.53 Å². The summed E-state index contributed by atoms with van der Waals surface area (Å²) in [5.41, 5.74) is 2.17. The number of methoxy groups -OCH3 is 1. The summed E-state index contributed by atoms with van der Waals surface area (Å²) in [4.78, 5) is 15.9. The Morgan fingerprint density at radius 3 is 3.04 bits per heavy atom. The molecule has 1 aromatic heterocycles. The van der Waals surface area contributed by atoms with Gasteiger partial charge in [-0.25, -0.2) is 0 Å². The molecule has 5 heteroatoms. The van der Waals surface area contributed by atoms with Gasteiger partial charge in [-0.2, -0.15) is 0 Å². The molecule has 3 nitrogen and oxygen atoms in total. The number of amides is 1. The first-order chi connectivity index (χ1) is 11.1. The quantitative estimate of drug-likeness (QED) is 0.710. The minimum Gasteiger partial charge on any atom is -0.496 e. The van der Waals surface area contributed by atoms with E-state index in [0.717, 1.165) is 28.8 Å². The van der Waals surface area contributed by atoms with Gasteiger partial charge in [0, 0.05) is 27.5 Å². The summed E-state index contributed by atoms with van der Waals surface area (Å²) in [6.45, 7) is 2.86. The lowest BCUT2D eigenvalue weighted by Crippen LogP contribution is -2.37. The number of hydrogen-bond acceptors (Lipinski definition) is 3. The van der Waals surface area contributed by atoms with Gasteiger partial charge in [0.1, 0.15) is 5.75 Å². The molecule has 120 valence electrons. The zero-order valence-electron chi connectivity index (χ0n) is 13.1. The number of thiophene rings is 1. The Morgan fingerprint density at radius 1 is 1.43 bits per heavy atom. The average molecular weight is 392 g/mol. The third-order valence-electron chi connectivity index (χ3n) is 4.16. The molecule has 0 radical (unpaired) electrons. The fourth-order valence-corrected chi connectivity index (χ4v) is 4.24. The molecule has 1 aliphatic heterocycles. The van der Waals surface area contributed by atoms with Crippen LogP contribution in [-0.2, 0) is 11.2 Å². The van der Waals surface area contributed by atoms with Gasteiger partial charge in [0.2, 0.25) is 5.91 Å². The van der Waals surface area contributed by atoms with Crippen molar-refractivity contribution in [1.29, 1.82) is 0 Å². The molecular weight excluding hydrogens is 374 g/mol. The van der Waals surface area contributed by atoms with Crippen LogP contribution in [0.2, 0.25) is 0 Å². The highest BCUT2D eigenvalue weighted by atomic mass is 79.9. The summed E-state index contributed by atoms with van der Waals surface area (Å²) in [6.07, 6.45) is 4.40. The number of carbonyl (C=O) groups is 1. The molecule has 1 atom stereocenters. The standard InChI is InChI=1S/C18H18BrNO2S/c1-12-15-8-10-23-17(15)7-9-20(12)18(21)6-3-13-11-14(19)4-5-16(13)22-2/h3-6,8,10-12H,7,9H2,1-2H3/b6-3+/t12-/m0/s1. The van der Waals surface area contributed by atoms with Gasteiger partial charge in [-0.1, -0.05) is 15.9 Å². The molecule has 2 aromatic rings. The maximum absolute atomic E-state index is 12.6. The number of halogens is 1. The maximum Gasteiger partial charge on any atom is 0.247 e. The van der Waals surface area contributed by atoms with Crippen LogP contribution in [0.25, 0.3) is 6.08 Å². The Balaban J connectivity index is 1.79. The van der Waals surface area contributed by atoms with Gasteiger partial charge >= 0.3 is 0 Å². The minimum absolute atomic E-state index is 0.0383. The van der Waals surface area contributed by atoms with Gasteiger partial charge in [-0.05, 0) is 54.6 Å². The summed E-state index contributed by atoms with van der Waals surface area (Å²) >= 11 is 5.23. The van der Waals surface area contributed by atoms with Crippen molar-refractivity contribution in [2.24, 2.45) is 0 Å². The van der Waals surface area contributed by atoms with Crippen molar-refractivity contribution in [2.75, 3.05) is 13.7 Å². The first-order valence-corrected chi connectivity index (χ1v) is 9.16. The van der Waals surface area contributed by atoms with Crippen LogP contribution in [-0.4, -0.2) is 24.5 Å². The van der Waals surface area contributed by atoms with Gasteiger partial charge in [-0.3, -0.25) is 4.79 Å². The second-order valence-corrected chi connectivity index (χ2v) is 7.39. The number of carbonyl (C=O) groups excluding carboxylic acids is 1. The molecule has 1 aliphatic rings. The molecule has 0 unspecified atom stereocenters. The monoisotopic (exact) mass is 391 g/mol. The van der Waals surface area contributed by atoms with E-state index in [-0.39, 0.29) is 11.9 Å². The van der Waals surface area contributed by atoms with E-state index in [1.54, 1.807) is 24.5 Å². The van der Waals surface area contributed by atoms with Crippen LogP contribution >= 0.6 is 27.3 Å². The normalized spacial score (nSPS) is 17.3. The highest BCUT2D eigenvalue weighted by Gasteiger charge is 2.26. The van der Waals surface area contributed by atoms with E-state index in [0.29, 0.717) is 0 Å². The number of ether oxygens (including phenoxy) is 1. The van der Waals surface area contributed by atoms with Gasteiger partial charge < -0.3 is 9.64 Å². The highest BCUT2D eigenvalue weighted by molar-refractivity contribution is 9.10. The summed E-state index contributed by atoms with van der Waals surface area (Å²) in [5, 5.41) is 2.11. The average Bonchev–Trinajstić information content (AvgIpc) is 3.02. The van der Waals surface area contributed by atoms with Crippen LogP contribution in [0.15, 0.2) is 40.2 Å². The number of benzene rings is 1. The van der Waals surface area contributed by atoms with E-state index in [9.17, 15) is 4.79 Å². The highest BCUT2D eigenvalue weighted by Crippen LogP contribution is 2.33. The largest absolute Gasteiger partial charge is 0.496 e. The maximum atomic E-state index is 12.6. The molecule has 1 amide bonds. The Morgan fingerprint density at radius 2 is 2.26 bits per heavy atom. The van der Waals surface area contributed by atoms with Crippen LogP contribution in [0.5, 0.6) is 5.75 Å². The molecule has 1 aromatic carbocycles. The number of hydrogen-bond donors (Lipinski definition) is 0. The van der Waals surface area contributed by atoms with E-state index < -0.39 is 0 Å². The van der Waals surface area contributed by atoms with Crippen LogP contribution < -0.4 is 4.74 Å². The molecule has 23 heavy (non-hydrogen) atoms. The lowest BCUT2D eigenvalue weighted by molar-refractivity contribution is -0.128. The third-order valence-corrected chi connectivity index (χ3v) is 5.65. The molecule has 3 rings (SSSR count). The van der Waals surface area contributed by atoms with Gasteiger partial charge in [0.15, 0.2) is 0 Å². The summed E-state index contributed by atoms with van der Waals surface area (Å²) < 4.78 is 6.30. The van der Waals surface area contributed by atoms with Crippen LogP contribution in [0.3, 0.4) is 0 Å². The second kappa shape index (κ2) is 6.89. The third kappa shape index (κ3) is 3.35. The predicted octanol–water partition coefficient (Wildman–Crippen LogP) is 4.68. The first kappa shape index (κ1) is 16.3. The van der Waals surface area contributed by atoms with Crippen LogP contribution in [0.1, 0.15) is 29.0 Å². The predicted molar refractivity (Wildman–Crippen MR) is 97.9 cm³/mol. The Hall–Kier alpha value is -1.59. The van der Waals surface area contributed by atoms with Gasteiger partial charge in [-0.15, -0.1) is 11.3 Å². The number of rotatable bonds is 3. The molecule has 0 bridgehead atoms. The summed E-state index contributed by atoms with van der Waals surface area (Å²) in [6, 6.07) is 8.01. The van der Waals surface area contributed by atoms with Crippen LogP contribution in [0.4, 0.5) is 0 Å². The molecule has 0 aliphatic carbocycles. The second-order valence-electron chi connectivity index (χ2n) is 5.48. The lowest BCUT2D eigenvalue weighted by Gasteiger charge is -2.32. The molecule has 0 spiro atoms. The van der Waals surface area contributed by atoms with E-state index in [2.05, 4.69) is 34.3 Å². The van der Waals surface area contributed by atoms with E-state index in [1.165, 1.54) is 10.4 Å². The molecule has 0 N–H and O–H groups in total. The van der Waals surface area contributed by atoms with Crippen molar-refractivity contribution in [3.05, 3.63) is 56.2 Å². The van der Waals surface area contributed by atoms with E-state index in [1.807, 2.05) is 29.2 Å². The summed E-state index contributed by atoms with van der Waals surface area (Å²) in [5.74, 6) is 0.792. The van der Waals surface area contributed by atoms with Crippen molar-refractivity contribution in [3.63, 3.8) is 0 Å². The van der Waals surface area contributed by atoms with E-state index in [4.69, 9.17) is 4.74 Å². The fourth-order valence-electron chi connectivity index (χ4n) is 2.90. The Bertz CT molecular complexity index is 753. The summed E-state index contributed by atoms with van der Waals surface area (Å²) in [7, 11) is 1.63. The zero-order chi connectivity index (χ0) is 16.4. The van der Waals surface area contributed by atoms with Crippen molar-refractivity contribution in [1.82, 2.24) is 4.90 Å². The smallest absolute Gasteiger partial charge is 0.247 e.